The fourth-order valence-corrected chi connectivity index (χ4v) is 1.61. The van der Waals surface area contributed by atoms with Crippen molar-refractivity contribution in [1.29, 1.82) is 5.41 Å². The van der Waals surface area contributed by atoms with E-state index in [1.807, 2.05) is 6.07 Å². The molecule has 0 spiro atoms. The summed E-state index contributed by atoms with van der Waals surface area (Å²) in [5.41, 5.74) is 0.652. The summed E-state index contributed by atoms with van der Waals surface area (Å²) in [6.07, 6.45) is 0. The average Bonchev–Trinajstić information content (AvgIpc) is 2.61. The van der Waals surface area contributed by atoms with E-state index in [0.717, 1.165) is 5.56 Å². The maximum absolute atomic E-state index is 11.8. The number of esters is 1. The molecule has 2 aromatic carbocycles. The Morgan fingerprint density at radius 1 is 1.12 bits per heavy atom. The third-order valence-corrected chi connectivity index (χ3v) is 2.78. The van der Waals surface area contributed by atoms with Crippen LogP contribution in [0.15, 0.2) is 60.4 Å². The van der Waals surface area contributed by atoms with Crippen LogP contribution in [0.3, 0.4) is 0 Å². The molecule has 24 heavy (non-hydrogen) atoms. The quantitative estimate of drug-likeness (QED) is 0.159. The summed E-state index contributed by atoms with van der Waals surface area (Å²) in [5, 5.41) is 17.6. The summed E-state index contributed by atoms with van der Waals surface area (Å²) in [6.45, 7) is 0.00570. The molecule has 2 rings (SSSR count). The summed E-state index contributed by atoms with van der Waals surface area (Å²) in [5.74, 6) is 0.390. The van der Waals surface area contributed by atoms with Crippen molar-refractivity contribution in [1.82, 2.24) is 0 Å². The second kappa shape index (κ2) is 8.11. The van der Waals surface area contributed by atoms with Crippen LogP contribution in [0.2, 0.25) is 0 Å². The molecule has 1 N–H and O–H groups in total. The molecule has 0 saturated carbocycles. The van der Waals surface area contributed by atoms with Gasteiger partial charge in [0.15, 0.2) is 5.75 Å². The van der Waals surface area contributed by atoms with Crippen LogP contribution in [-0.2, 0) is 21.0 Å². The first-order valence-corrected chi connectivity index (χ1v) is 6.70. The van der Waals surface area contributed by atoms with E-state index >= 15 is 0 Å². The summed E-state index contributed by atoms with van der Waals surface area (Å²) in [6, 6.07) is 14.0. The van der Waals surface area contributed by atoms with Crippen LogP contribution in [0.25, 0.3) is 0 Å². The van der Waals surface area contributed by atoms with Crippen molar-refractivity contribution in [3.63, 3.8) is 0 Å². The molecule has 0 radical (unpaired) electrons. The highest BCUT2D eigenvalue weighted by Crippen LogP contribution is 2.18. The lowest BCUT2D eigenvalue weighted by molar-refractivity contribution is -0.384. The molecule has 0 fully saturated rings. The lowest BCUT2D eigenvalue weighted by atomic mass is 10.2. The molecule has 0 saturated heterocycles. The van der Waals surface area contributed by atoms with Gasteiger partial charge < -0.3 is 4.74 Å². The van der Waals surface area contributed by atoms with E-state index in [2.05, 4.69) is 0 Å². The number of nitro benzene ring substituents is 1. The van der Waals surface area contributed by atoms with Crippen LogP contribution in [0.5, 0.6) is 5.75 Å². The predicted octanol–water partition coefficient (Wildman–Crippen LogP) is 2.78. The second-order valence-corrected chi connectivity index (χ2v) is 4.43. The molecule has 122 valence electrons. The SMILES string of the molecule is N=C=C(OOc1ccc([N+](=O)[O-])cc1)C(=O)OCc1ccccc1. The standard InChI is InChI=1S/C16H12N2O6/c17-10-15(16(19)22-11-12-4-2-1-3-5-12)24-23-14-8-6-13(7-9-14)18(20)21/h1-9,17H,11H2. The number of hydrogen-bond acceptors (Lipinski definition) is 7. The fourth-order valence-electron chi connectivity index (χ4n) is 1.61. The molecular formula is C16H12N2O6. The van der Waals surface area contributed by atoms with Crippen LogP contribution in [-0.4, -0.2) is 16.8 Å². The number of nitro groups is 1. The molecular weight excluding hydrogens is 316 g/mol. The van der Waals surface area contributed by atoms with Gasteiger partial charge in [0.2, 0.25) is 0 Å². The topological polar surface area (TPSA) is 112 Å². The zero-order valence-electron chi connectivity index (χ0n) is 12.3. The molecule has 0 atom stereocenters. The molecule has 0 aromatic heterocycles. The number of carbonyl (C=O) groups is 1. The Morgan fingerprint density at radius 3 is 2.38 bits per heavy atom. The molecule has 0 unspecified atom stereocenters. The third kappa shape index (κ3) is 4.69. The highest BCUT2D eigenvalue weighted by atomic mass is 17.2. The lowest BCUT2D eigenvalue weighted by Gasteiger charge is -2.07. The summed E-state index contributed by atoms with van der Waals surface area (Å²) >= 11 is 0. The number of rotatable bonds is 7. The van der Waals surface area contributed by atoms with Gasteiger partial charge in [0.25, 0.3) is 5.69 Å². The zero-order valence-corrected chi connectivity index (χ0v) is 12.3. The Balaban J connectivity index is 1.88. The van der Waals surface area contributed by atoms with Crippen LogP contribution in [0.4, 0.5) is 5.69 Å². The van der Waals surface area contributed by atoms with E-state index < -0.39 is 16.7 Å². The first-order chi connectivity index (χ1) is 11.6. The maximum Gasteiger partial charge on any atom is 0.389 e. The van der Waals surface area contributed by atoms with Gasteiger partial charge in [-0.2, -0.15) is 0 Å². The van der Waals surface area contributed by atoms with E-state index in [1.54, 1.807) is 30.1 Å². The molecule has 0 aliphatic carbocycles. The molecule has 0 amide bonds. The van der Waals surface area contributed by atoms with Gasteiger partial charge >= 0.3 is 11.7 Å². The predicted molar refractivity (Wildman–Crippen MR) is 82.3 cm³/mol. The number of carbonyl (C=O) groups excluding carboxylic acids is 1. The number of non-ortho nitro benzene ring substituents is 1. The van der Waals surface area contributed by atoms with Gasteiger partial charge in [-0.15, -0.1) is 0 Å². The Morgan fingerprint density at radius 2 is 1.79 bits per heavy atom. The highest BCUT2D eigenvalue weighted by molar-refractivity contribution is 5.94. The van der Waals surface area contributed by atoms with Gasteiger partial charge in [0, 0.05) is 18.0 Å². The van der Waals surface area contributed by atoms with Gasteiger partial charge in [-0.3, -0.25) is 25.3 Å². The zero-order chi connectivity index (χ0) is 17.4. The van der Waals surface area contributed by atoms with Crippen LogP contribution >= 0.6 is 0 Å². The van der Waals surface area contributed by atoms with Crippen LogP contribution < -0.4 is 4.89 Å². The van der Waals surface area contributed by atoms with E-state index in [9.17, 15) is 14.9 Å². The van der Waals surface area contributed by atoms with E-state index in [1.165, 1.54) is 24.3 Å². The smallest absolute Gasteiger partial charge is 0.389 e. The molecule has 0 heterocycles. The van der Waals surface area contributed by atoms with Gasteiger partial charge in [0.1, 0.15) is 6.61 Å². The average molecular weight is 328 g/mol. The van der Waals surface area contributed by atoms with Crippen molar-refractivity contribution in [2.75, 3.05) is 0 Å². The number of hydrogen-bond donors (Lipinski definition) is 1. The fraction of sp³-hybridized carbons (Fsp3) is 0.0625. The highest BCUT2D eigenvalue weighted by Gasteiger charge is 2.16. The molecule has 0 aliphatic heterocycles. The van der Waals surface area contributed by atoms with Crippen molar-refractivity contribution >= 4 is 17.5 Å². The maximum atomic E-state index is 11.8. The Kier molecular flexibility index (Phi) is 5.65. The minimum absolute atomic E-state index is 0.00570. The van der Waals surface area contributed by atoms with Crippen LogP contribution in [0.1, 0.15) is 5.56 Å². The summed E-state index contributed by atoms with van der Waals surface area (Å²) in [7, 11) is 0. The minimum atomic E-state index is -0.921. The van der Waals surface area contributed by atoms with Gasteiger partial charge in [-0.1, -0.05) is 30.3 Å². The molecule has 8 nitrogen and oxygen atoms in total. The Hall–Kier alpha value is -3.64. The Bertz CT molecular complexity index is 767. The third-order valence-electron chi connectivity index (χ3n) is 2.78. The number of ether oxygens (including phenoxy) is 1. The number of nitrogens with zero attached hydrogens (tertiary/aromatic N) is 1. The van der Waals surface area contributed by atoms with Crippen LogP contribution in [0, 0.1) is 15.5 Å². The van der Waals surface area contributed by atoms with Gasteiger partial charge in [-0.05, 0) is 17.7 Å². The van der Waals surface area contributed by atoms with E-state index in [-0.39, 0.29) is 18.0 Å². The molecule has 8 heteroatoms. The second-order valence-electron chi connectivity index (χ2n) is 4.43. The lowest BCUT2D eigenvalue weighted by Crippen LogP contribution is -2.13. The molecule has 0 bridgehead atoms. The number of benzene rings is 2. The van der Waals surface area contributed by atoms with Crippen molar-refractivity contribution in [2.45, 2.75) is 6.61 Å². The summed E-state index contributed by atoms with van der Waals surface area (Å²) < 4.78 is 4.97. The normalized spacial score (nSPS) is 9.50. The molecule has 2 aromatic rings. The largest absolute Gasteiger partial charge is 0.454 e. The van der Waals surface area contributed by atoms with Crippen molar-refractivity contribution < 1.29 is 24.2 Å². The minimum Gasteiger partial charge on any atom is -0.454 e. The van der Waals surface area contributed by atoms with Gasteiger partial charge in [-0.25, -0.2) is 4.79 Å². The molecule has 0 aliphatic rings. The van der Waals surface area contributed by atoms with Crippen molar-refractivity contribution in [3.8, 4) is 5.75 Å². The number of nitrogens with one attached hydrogen (secondary N) is 1. The first kappa shape index (κ1) is 16.7. The van der Waals surface area contributed by atoms with E-state index in [4.69, 9.17) is 19.9 Å². The van der Waals surface area contributed by atoms with Crippen molar-refractivity contribution in [2.24, 2.45) is 0 Å². The first-order valence-electron chi connectivity index (χ1n) is 6.70. The van der Waals surface area contributed by atoms with Gasteiger partial charge in [0.05, 0.1) is 4.92 Å². The van der Waals surface area contributed by atoms with Crippen molar-refractivity contribution in [3.05, 3.63) is 76.0 Å². The summed E-state index contributed by atoms with van der Waals surface area (Å²) in [4.78, 5) is 31.3. The Labute approximate surface area is 136 Å². The van der Waals surface area contributed by atoms with E-state index in [0.29, 0.717) is 0 Å². The monoisotopic (exact) mass is 328 g/mol.